The highest BCUT2D eigenvalue weighted by Crippen LogP contribution is 2.38. The van der Waals surface area contributed by atoms with E-state index < -0.39 is 13.7 Å². The van der Waals surface area contributed by atoms with Gasteiger partial charge in [0.25, 0.3) is 0 Å². The van der Waals surface area contributed by atoms with E-state index in [4.69, 9.17) is 9.72 Å². The van der Waals surface area contributed by atoms with E-state index in [1.807, 2.05) is 25.7 Å². The highest BCUT2D eigenvalue weighted by atomic mass is 28.3. The first-order valence-corrected chi connectivity index (χ1v) is 13.3. The number of rotatable bonds is 1. The Morgan fingerprint density at radius 3 is 2.71 bits per heavy atom. The zero-order valence-corrected chi connectivity index (χ0v) is 18.6. The summed E-state index contributed by atoms with van der Waals surface area (Å²) in [5.74, 6) is 0.868. The number of imidazole rings is 1. The standard InChI is InChI=1S/C22H29N3O2Si/c1-14-7-9-16-15(11-14)8-10-17-19(16)24-20(23-17)18-12-28(5,6)13-25(18)21(26)27-22(2,3)4/h7-11,18H,12-13H2,1-6H3,(H,23,24)/q-1/t18-/m0/s1. The molecule has 1 aliphatic rings. The number of benzene rings is 2. The summed E-state index contributed by atoms with van der Waals surface area (Å²) in [7, 11) is -1.53. The van der Waals surface area contributed by atoms with Crippen molar-refractivity contribution in [3.05, 3.63) is 41.7 Å². The lowest BCUT2D eigenvalue weighted by Gasteiger charge is -2.30. The maximum Gasteiger partial charge on any atom is 0.408 e. The van der Waals surface area contributed by atoms with Crippen LogP contribution in [0.5, 0.6) is 0 Å². The Labute approximate surface area is 167 Å². The van der Waals surface area contributed by atoms with Gasteiger partial charge in [0.05, 0.1) is 17.1 Å². The molecule has 0 saturated carbocycles. The number of aromatic amines is 1. The normalized spacial score (nSPS) is 19.5. The van der Waals surface area contributed by atoms with Crippen molar-refractivity contribution in [3.8, 4) is 0 Å². The first-order valence-electron chi connectivity index (χ1n) is 9.91. The summed E-state index contributed by atoms with van der Waals surface area (Å²) in [5.41, 5.74) is 2.73. The summed E-state index contributed by atoms with van der Waals surface area (Å²) in [6.07, 6.45) is 0.556. The molecule has 3 aromatic rings. The Hall–Kier alpha value is -2.34. The van der Waals surface area contributed by atoms with Gasteiger partial charge in [-0.3, -0.25) is 0 Å². The van der Waals surface area contributed by atoms with Crippen LogP contribution in [0.2, 0.25) is 19.1 Å². The smallest absolute Gasteiger partial charge is 0.408 e. The van der Waals surface area contributed by atoms with Crippen molar-refractivity contribution in [2.45, 2.75) is 58.5 Å². The molecule has 2 heterocycles. The van der Waals surface area contributed by atoms with E-state index in [2.05, 4.69) is 55.3 Å². The number of hydrogen-bond acceptors (Lipinski definition) is 3. The van der Waals surface area contributed by atoms with E-state index in [0.717, 1.165) is 34.5 Å². The number of nitrogens with one attached hydrogen (secondary N) is 1. The van der Waals surface area contributed by atoms with Gasteiger partial charge >= 0.3 is 6.09 Å². The van der Waals surface area contributed by atoms with Gasteiger partial charge in [0.2, 0.25) is 0 Å². The van der Waals surface area contributed by atoms with Crippen molar-refractivity contribution in [1.82, 2.24) is 14.9 Å². The largest absolute Gasteiger partial charge is 0.444 e. The molecular formula is C22H29N3O2Si-. The number of carbonyl (C=O) groups is 1. The maximum absolute atomic E-state index is 12.9. The summed E-state index contributed by atoms with van der Waals surface area (Å²) in [6.45, 7) is 12.5. The number of H-pyrrole nitrogens is 1. The molecule has 1 N–H and O–H groups in total. The molecule has 4 rings (SSSR count). The number of hydrogen-bond donors (Lipinski definition) is 1. The fraction of sp³-hybridized carbons (Fsp3) is 0.455. The predicted octanol–water partition coefficient (Wildman–Crippen LogP) is 5.56. The minimum Gasteiger partial charge on any atom is -0.444 e. The molecule has 28 heavy (non-hydrogen) atoms. The van der Waals surface area contributed by atoms with Crippen molar-refractivity contribution in [2.24, 2.45) is 0 Å². The van der Waals surface area contributed by atoms with Gasteiger partial charge in [-0.1, -0.05) is 36.0 Å². The molecule has 2 aromatic carbocycles. The number of aryl methyl sites for hydroxylation is 1. The molecule has 149 valence electrons. The van der Waals surface area contributed by atoms with Gasteiger partial charge in [-0.15, -0.1) is 14.1 Å². The lowest BCUT2D eigenvalue weighted by atomic mass is 10.1. The Balaban J connectivity index is 1.76. The summed E-state index contributed by atoms with van der Waals surface area (Å²) in [6, 6.07) is 11.6. The zero-order chi connectivity index (χ0) is 20.3. The molecule has 5 nitrogen and oxygen atoms in total. The predicted molar refractivity (Wildman–Crippen MR) is 116 cm³/mol. The Morgan fingerprint density at radius 2 is 2.00 bits per heavy atom. The van der Waals surface area contributed by atoms with Gasteiger partial charge in [-0.2, -0.15) is 13.1 Å². The second-order valence-corrected chi connectivity index (χ2v) is 14.9. The molecule has 0 bridgehead atoms. The van der Waals surface area contributed by atoms with E-state index in [1.54, 1.807) is 0 Å². The minimum absolute atomic E-state index is 0.0515. The van der Waals surface area contributed by atoms with Gasteiger partial charge in [-0.25, -0.2) is 9.78 Å². The average Bonchev–Trinajstić information content (AvgIpc) is 3.13. The van der Waals surface area contributed by atoms with Crippen LogP contribution in [0.15, 0.2) is 30.3 Å². The molecule has 1 saturated heterocycles. The topological polar surface area (TPSA) is 58.2 Å². The molecular weight excluding hydrogens is 366 g/mol. The SMILES string of the molecule is Cc1ccc2c(ccc3[nH]c([C@@H]4C[Si-](C)(C)CN4C(=O)OC(C)(C)C)nc32)c1. The number of ether oxygens (including phenoxy) is 1. The van der Waals surface area contributed by atoms with E-state index in [0.29, 0.717) is 0 Å². The van der Waals surface area contributed by atoms with Gasteiger partial charge < -0.3 is 14.6 Å². The van der Waals surface area contributed by atoms with Crippen molar-refractivity contribution < 1.29 is 9.53 Å². The van der Waals surface area contributed by atoms with Crippen LogP contribution < -0.4 is 0 Å². The minimum atomic E-state index is -1.53. The van der Waals surface area contributed by atoms with Crippen LogP contribution in [-0.4, -0.2) is 40.8 Å². The highest BCUT2D eigenvalue weighted by Gasteiger charge is 2.38. The van der Waals surface area contributed by atoms with Crippen molar-refractivity contribution in [2.75, 3.05) is 6.17 Å². The van der Waals surface area contributed by atoms with Crippen LogP contribution in [0, 0.1) is 6.92 Å². The first-order chi connectivity index (χ1) is 13.0. The maximum atomic E-state index is 12.9. The fourth-order valence-electron chi connectivity index (χ4n) is 4.12. The molecule has 0 aliphatic carbocycles. The van der Waals surface area contributed by atoms with E-state index in [1.165, 1.54) is 10.9 Å². The second-order valence-electron chi connectivity index (χ2n) is 9.80. The quantitative estimate of drug-likeness (QED) is 0.548. The van der Waals surface area contributed by atoms with Crippen LogP contribution in [0.25, 0.3) is 21.8 Å². The molecule has 0 spiro atoms. The summed E-state index contributed by atoms with van der Waals surface area (Å²) >= 11 is 0. The Bertz CT molecular complexity index is 1060. The molecule has 1 fully saturated rings. The lowest BCUT2D eigenvalue weighted by Crippen LogP contribution is -2.39. The number of aromatic nitrogens is 2. The van der Waals surface area contributed by atoms with Crippen LogP contribution in [-0.2, 0) is 4.74 Å². The van der Waals surface area contributed by atoms with Crippen molar-refractivity contribution in [3.63, 3.8) is 0 Å². The van der Waals surface area contributed by atoms with Gasteiger partial charge in [-0.05, 0) is 39.1 Å². The molecule has 0 radical (unpaired) electrons. The molecule has 6 heteroatoms. The van der Waals surface area contributed by atoms with Gasteiger partial charge in [0.1, 0.15) is 11.4 Å². The van der Waals surface area contributed by atoms with Gasteiger partial charge in [0, 0.05) is 5.39 Å². The zero-order valence-electron chi connectivity index (χ0n) is 17.6. The lowest BCUT2D eigenvalue weighted by molar-refractivity contribution is 0.0229. The molecule has 1 atom stereocenters. The van der Waals surface area contributed by atoms with Crippen LogP contribution in [0.4, 0.5) is 4.79 Å². The van der Waals surface area contributed by atoms with Crippen LogP contribution in [0.3, 0.4) is 0 Å². The fourth-order valence-corrected chi connectivity index (χ4v) is 6.99. The molecule has 1 aliphatic heterocycles. The molecule has 1 amide bonds. The monoisotopic (exact) mass is 395 g/mol. The van der Waals surface area contributed by atoms with Crippen molar-refractivity contribution >= 4 is 36.0 Å². The Morgan fingerprint density at radius 1 is 1.25 bits per heavy atom. The Kier molecular flexibility index (Phi) is 4.30. The van der Waals surface area contributed by atoms with Gasteiger partial charge in [0.15, 0.2) is 0 Å². The number of nitrogens with zero attached hydrogens (tertiary/aromatic N) is 2. The van der Waals surface area contributed by atoms with Crippen molar-refractivity contribution in [1.29, 1.82) is 0 Å². The summed E-state index contributed by atoms with van der Waals surface area (Å²) in [4.78, 5) is 23.2. The first kappa shape index (κ1) is 19.0. The number of fused-ring (bicyclic) bond motifs is 3. The summed E-state index contributed by atoms with van der Waals surface area (Å²) in [5, 5.41) is 2.33. The third kappa shape index (κ3) is 3.53. The third-order valence-corrected chi connectivity index (χ3v) is 7.99. The summed E-state index contributed by atoms with van der Waals surface area (Å²) < 4.78 is 5.69. The second kappa shape index (κ2) is 6.34. The molecule has 0 unspecified atom stereocenters. The van der Waals surface area contributed by atoms with E-state index >= 15 is 0 Å². The average molecular weight is 396 g/mol. The van der Waals surface area contributed by atoms with Crippen LogP contribution >= 0.6 is 0 Å². The van der Waals surface area contributed by atoms with E-state index in [-0.39, 0.29) is 12.1 Å². The number of amides is 1. The molecule has 1 aromatic heterocycles. The van der Waals surface area contributed by atoms with E-state index in [9.17, 15) is 4.79 Å². The third-order valence-electron chi connectivity index (χ3n) is 5.31. The van der Waals surface area contributed by atoms with Crippen LogP contribution in [0.1, 0.15) is 38.2 Å². The highest BCUT2D eigenvalue weighted by molar-refractivity contribution is 6.78. The number of carbonyl (C=O) groups excluding carboxylic acids is 1.